The molecule has 118 valence electrons. The van der Waals surface area contributed by atoms with E-state index in [2.05, 4.69) is 11.4 Å². The summed E-state index contributed by atoms with van der Waals surface area (Å²) in [6.07, 6.45) is 0.343. The number of hydrogen-bond acceptors (Lipinski definition) is 4. The SMILES string of the molecule is COc1ccc(Cl)cc1NC(=O)COc1ccc(CC#N)cc1. The summed E-state index contributed by atoms with van der Waals surface area (Å²) in [6.45, 7) is -0.146. The molecule has 0 saturated heterocycles. The number of amides is 1. The van der Waals surface area contributed by atoms with Crippen molar-refractivity contribution in [3.05, 3.63) is 53.1 Å². The van der Waals surface area contributed by atoms with E-state index >= 15 is 0 Å². The van der Waals surface area contributed by atoms with Crippen LogP contribution in [-0.2, 0) is 11.2 Å². The molecular weight excluding hydrogens is 316 g/mol. The van der Waals surface area contributed by atoms with Gasteiger partial charge >= 0.3 is 0 Å². The molecular formula is C17H15ClN2O3. The highest BCUT2D eigenvalue weighted by Gasteiger charge is 2.09. The Bertz CT molecular complexity index is 724. The standard InChI is InChI=1S/C17H15ClN2O3/c1-22-16-7-4-13(18)10-15(16)20-17(21)11-23-14-5-2-12(3-6-14)8-9-19/h2-7,10H,8,11H2,1H3,(H,20,21). The lowest BCUT2D eigenvalue weighted by Gasteiger charge is -2.11. The Balaban J connectivity index is 1.92. The van der Waals surface area contributed by atoms with E-state index in [-0.39, 0.29) is 12.5 Å². The molecule has 2 aromatic rings. The third-order valence-electron chi connectivity index (χ3n) is 3.01. The summed E-state index contributed by atoms with van der Waals surface area (Å²) in [5.74, 6) is 0.746. The van der Waals surface area contributed by atoms with Gasteiger partial charge < -0.3 is 14.8 Å². The van der Waals surface area contributed by atoms with Gasteiger partial charge in [0.05, 0.1) is 25.3 Å². The van der Waals surface area contributed by atoms with Gasteiger partial charge in [0.15, 0.2) is 6.61 Å². The Morgan fingerprint density at radius 3 is 2.65 bits per heavy atom. The smallest absolute Gasteiger partial charge is 0.262 e. The molecule has 1 N–H and O–H groups in total. The monoisotopic (exact) mass is 330 g/mol. The molecule has 0 aliphatic heterocycles. The van der Waals surface area contributed by atoms with Crippen LogP contribution in [0.5, 0.6) is 11.5 Å². The molecule has 0 atom stereocenters. The Labute approximate surface area is 139 Å². The highest BCUT2D eigenvalue weighted by Crippen LogP contribution is 2.27. The molecule has 0 fully saturated rings. The zero-order chi connectivity index (χ0) is 16.7. The summed E-state index contributed by atoms with van der Waals surface area (Å²) in [7, 11) is 1.51. The van der Waals surface area contributed by atoms with Gasteiger partial charge in [-0.15, -0.1) is 0 Å². The average molecular weight is 331 g/mol. The van der Waals surface area contributed by atoms with E-state index in [1.807, 2.05) is 0 Å². The molecule has 2 rings (SSSR count). The summed E-state index contributed by atoms with van der Waals surface area (Å²) in [6, 6.07) is 14.0. The molecule has 1 amide bonds. The minimum absolute atomic E-state index is 0.146. The summed E-state index contributed by atoms with van der Waals surface area (Å²) >= 11 is 5.91. The number of methoxy groups -OCH3 is 1. The molecule has 0 unspecified atom stereocenters. The van der Waals surface area contributed by atoms with Crippen molar-refractivity contribution < 1.29 is 14.3 Å². The summed E-state index contributed by atoms with van der Waals surface area (Å²) in [5, 5.41) is 11.8. The van der Waals surface area contributed by atoms with Crippen molar-refractivity contribution >= 4 is 23.2 Å². The number of nitrogens with one attached hydrogen (secondary N) is 1. The van der Waals surface area contributed by atoms with Gasteiger partial charge in [-0.1, -0.05) is 23.7 Å². The third-order valence-corrected chi connectivity index (χ3v) is 3.25. The molecule has 0 spiro atoms. The van der Waals surface area contributed by atoms with Gasteiger partial charge in [0, 0.05) is 5.02 Å². The lowest BCUT2D eigenvalue weighted by molar-refractivity contribution is -0.118. The maximum Gasteiger partial charge on any atom is 0.262 e. The third kappa shape index (κ3) is 4.90. The minimum atomic E-state index is -0.327. The fraction of sp³-hybridized carbons (Fsp3) is 0.176. The zero-order valence-corrected chi connectivity index (χ0v) is 13.3. The second-order valence-corrected chi connectivity index (χ2v) is 5.10. The van der Waals surface area contributed by atoms with Crippen LogP contribution < -0.4 is 14.8 Å². The lowest BCUT2D eigenvalue weighted by Crippen LogP contribution is -2.20. The highest BCUT2D eigenvalue weighted by atomic mass is 35.5. The quantitative estimate of drug-likeness (QED) is 0.880. The van der Waals surface area contributed by atoms with E-state index in [4.69, 9.17) is 26.3 Å². The first-order valence-electron chi connectivity index (χ1n) is 6.84. The summed E-state index contributed by atoms with van der Waals surface area (Å²) < 4.78 is 10.6. The molecule has 0 aliphatic carbocycles. The highest BCUT2D eigenvalue weighted by molar-refractivity contribution is 6.31. The fourth-order valence-electron chi connectivity index (χ4n) is 1.91. The second-order valence-electron chi connectivity index (χ2n) is 4.66. The number of carbonyl (C=O) groups is 1. The zero-order valence-electron chi connectivity index (χ0n) is 12.5. The van der Waals surface area contributed by atoms with Crippen molar-refractivity contribution in [3.8, 4) is 17.6 Å². The molecule has 2 aromatic carbocycles. The maximum absolute atomic E-state index is 12.0. The van der Waals surface area contributed by atoms with Gasteiger partial charge in [-0.25, -0.2) is 0 Å². The first-order valence-corrected chi connectivity index (χ1v) is 7.22. The molecule has 0 aromatic heterocycles. The minimum Gasteiger partial charge on any atom is -0.495 e. The van der Waals surface area contributed by atoms with Crippen LogP contribution in [0.1, 0.15) is 5.56 Å². The second kappa shape index (κ2) is 8.06. The van der Waals surface area contributed by atoms with Gasteiger partial charge in [-0.3, -0.25) is 4.79 Å². The van der Waals surface area contributed by atoms with Crippen molar-refractivity contribution in [2.75, 3.05) is 19.0 Å². The van der Waals surface area contributed by atoms with E-state index in [0.717, 1.165) is 5.56 Å². The Morgan fingerprint density at radius 2 is 2.00 bits per heavy atom. The van der Waals surface area contributed by atoms with E-state index < -0.39 is 0 Å². The number of nitrogens with zero attached hydrogens (tertiary/aromatic N) is 1. The molecule has 0 aliphatic rings. The van der Waals surface area contributed by atoms with Crippen LogP contribution in [0.3, 0.4) is 0 Å². The normalized spacial score (nSPS) is 9.78. The van der Waals surface area contributed by atoms with Gasteiger partial charge in [-0.05, 0) is 35.9 Å². The van der Waals surface area contributed by atoms with Gasteiger partial charge in [-0.2, -0.15) is 5.26 Å². The first-order chi connectivity index (χ1) is 11.1. The van der Waals surface area contributed by atoms with Gasteiger partial charge in [0.2, 0.25) is 0 Å². The van der Waals surface area contributed by atoms with Crippen LogP contribution in [0.25, 0.3) is 0 Å². The van der Waals surface area contributed by atoms with Crippen LogP contribution >= 0.6 is 11.6 Å². The number of nitriles is 1. The topological polar surface area (TPSA) is 71.3 Å². The van der Waals surface area contributed by atoms with Crippen LogP contribution in [0.15, 0.2) is 42.5 Å². The summed E-state index contributed by atoms with van der Waals surface area (Å²) in [4.78, 5) is 12.0. The van der Waals surface area contributed by atoms with Crippen LogP contribution in [0.4, 0.5) is 5.69 Å². The number of carbonyl (C=O) groups excluding carboxylic acids is 1. The Hall–Kier alpha value is -2.71. The van der Waals surface area contributed by atoms with Crippen molar-refractivity contribution in [2.45, 2.75) is 6.42 Å². The van der Waals surface area contributed by atoms with Crippen LogP contribution in [-0.4, -0.2) is 19.6 Å². The van der Waals surface area contributed by atoms with Crippen molar-refractivity contribution in [1.82, 2.24) is 0 Å². The fourth-order valence-corrected chi connectivity index (χ4v) is 2.08. The number of anilines is 1. The molecule has 6 heteroatoms. The van der Waals surface area contributed by atoms with E-state index in [9.17, 15) is 4.79 Å². The number of rotatable bonds is 6. The van der Waals surface area contributed by atoms with Crippen LogP contribution in [0, 0.1) is 11.3 Å². The lowest BCUT2D eigenvalue weighted by atomic mass is 10.2. The van der Waals surface area contributed by atoms with Gasteiger partial charge in [0.1, 0.15) is 11.5 Å². The average Bonchev–Trinajstić information content (AvgIpc) is 2.55. The number of hydrogen-bond donors (Lipinski definition) is 1. The molecule has 0 bridgehead atoms. The maximum atomic E-state index is 12.0. The summed E-state index contributed by atoms with van der Waals surface area (Å²) in [5.41, 5.74) is 1.38. The predicted octanol–water partition coefficient (Wildman–Crippen LogP) is 3.43. The number of ether oxygens (including phenoxy) is 2. The molecule has 5 nitrogen and oxygen atoms in total. The van der Waals surface area contributed by atoms with E-state index in [1.165, 1.54) is 7.11 Å². The largest absolute Gasteiger partial charge is 0.495 e. The first kappa shape index (κ1) is 16.7. The number of benzene rings is 2. The van der Waals surface area contributed by atoms with Crippen molar-refractivity contribution in [3.63, 3.8) is 0 Å². The molecule has 0 saturated carbocycles. The van der Waals surface area contributed by atoms with E-state index in [1.54, 1.807) is 42.5 Å². The predicted molar refractivity (Wildman–Crippen MR) is 87.9 cm³/mol. The molecule has 0 heterocycles. The molecule has 23 heavy (non-hydrogen) atoms. The molecule has 0 radical (unpaired) electrons. The van der Waals surface area contributed by atoms with Crippen LogP contribution in [0.2, 0.25) is 5.02 Å². The van der Waals surface area contributed by atoms with Gasteiger partial charge in [0.25, 0.3) is 5.91 Å². The Morgan fingerprint density at radius 1 is 1.26 bits per heavy atom. The Kier molecular flexibility index (Phi) is 5.84. The van der Waals surface area contributed by atoms with E-state index in [0.29, 0.717) is 28.6 Å². The number of halogens is 1. The van der Waals surface area contributed by atoms with Crippen molar-refractivity contribution in [1.29, 1.82) is 5.26 Å². The van der Waals surface area contributed by atoms with Crippen molar-refractivity contribution in [2.24, 2.45) is 0 Å².